The standard InChI is InChI=1S/C22H40N4O3/c1-16(2)9-10-23-13-19-8-7-11-26(19)22(29)18(5)12-20(17(3)4)25(6)21(28)14-24-15-27/h12,15-17,19-20,23H,7-11,13-14H2,1-6H3,(H,24,27)/t19-,20+/m0/s1. The average Bonchev–Trinajstić information content (AvgIpc) is 3.14. The number of nitrogens with one attached hydrogen (secondary N) is 2. The van der Waals surface area contributed by atoms with Crippen molar-refractivity contribution in [2.24, 2.45) is 11.8 Å². The summed E-state index contributed by atoms with van der Waals surface area (Å²) in [5, 5.41) is 5.90. The molecule has 1 rings (SSSR count). The van der Waals surface area contributed by atoms with Crippen molar-refractivity contribution in [1.29, 1.82) is 0 Å². The summed E-state index contributed by atoms with van der Waals surface area (Å²) < 4.78 is 0. The molecule has 1 heterocycles. The third-order valence-corrected chi connectivity index (χ3v) is 5.53. The first-order valence-electron chi connectivity index (χ1n) is 10.8. The smallest absolute Gasteiger partial charge is 0.249 e. The van der Waals surface area contributed by atoms with Crippen LogP contribution in [0.3, 0.4) is 0 Å². The first-order chi connectivity index (χ1) is 13.7. The van der Waals surface area contributed by atoms with Gasteiger partial charge in [0.1, 0.15) is 0 Å². The molecule has 0 aromatic rings. The molecule has 7 heteroatoms. The van der Waals surface area contributed by atoms with Gasteiger partial charge in [-0.1, -0.05) is 33.8 Å². The number of carbonyl (C=O) groups excluding carboxylic acids is 3. The Morgan fingerprint density at radius 1 is 1.24 bits per heavy atom. The van der Waals surface area contributed by atoms with Gasteiger partial charge in [0.05, 0.1) is 12.6 Å². The van der Waals surface area contributed by atoms with Gasteiger partial charge < -0.3 is 20.4 Å². The number of carbonyl (C=O) groups is 3. The van der Waals surface area contributed by atoms with Gasteiger partial charge in [0.25, 0.3) is 0 Å². The zero-order chi connectivity index (χ0) is 22.0. The second-order valence-electron chi connectivity index (χ2n) is 8.77. The fraction of sp³-hybridized carbons (Fsp3) is 0.773. The number of nitrogens with zero attached hydrogens (tertiary/aromatic N) is 2. The predicted molar refractivity (Wildman–Crippen MR) is 116 cm³/mol. The summed E-state index contributed by atoms with van der Waals surface area (Å²) in [4.78, 5) is 39.4. The van der Waals surface area contributed by atoms with Gasteiger partial charge in [0, 0.05) is 31.8 Å². The molecule has 0 saturated carbocycles. The minimum absolute atomic E-state index is 0.0414. The van der Waals surface area contributed by atoms with Crippen LogP contribution in [0.25, 0.3) is 0 Å². The lowest BCUT2D eigenvalue weighted by Gasteiger charge is -2.30. The SMILES string of the molecule is CC(=C[C@H](C(C)C)N(C)C(=O)CNC=O)C(=O)N1CCC[C@H]1CNCCC(C)C. The van der Waals surface area contributed by atoms with E-state index in [2.05, 4.69) is 24.5 Å². The predicted octanol–water partition coefficient (Wildman–Crippen LogP) is 1.79. The molecule has 0 radical (unpaired) electrons. The highest BCUT2D eigenvalue weighted by Crippen LogP contribution is 2.21. The van der Waals surface area contributed by atoms with Crippen LogP contribution in [0.5, 0.6) is 0 Å². The summed E-state index contributed by atoms with van der Waals surface area (Å²) >= 11 is 0. The van der Waals surface area contributed by atoms with Crippen LogP contribution in [0.2, 0.25) is 0 Å². The summed E-state index contributed by atoms with van der Waals surface area (Å²) in [5.74, 6) is 0.690. The maximum absolute atomic E-state index is 13.1. The van der Waals surface area contributed by atoms with Crippen LogP contribution in [0, 0.1) is 11.8 Å². The van der Waals surface area contributed by atoms with Crippen LogP contribution in [-0.2, 0) is 14.4 Å². The van der Waals surface area contributed by atoms with E-state index in [9.17, 15) is 14.4 Å². The molecule has 0 bridgehead atoms. The van der Waals surface area contributed by atoms with Crippen LogP contribution in [0.15, 0.2) is 11.6 Å². The first kappa shape index (κ1) is 25.1. The number of rotatable bonds is 12. The van der Waals surface area contributed by atoms with Crippen LogP contribution < -0.4 is 10.6 Å². The molecule has 0 unspecified atom stereocenters. The lowest BCUT2D eigenvalue weighted by atomic mass is 9.99. The highest BCUT2D eigenvalue weighted by atomic mass is 16.2. The summed E-state index contributed by atoms with van der Waals surface area (Å²) in [6.45, 7) is 12.8. The normalized spacial score (nSPS) is 18.3. The second-order valence-corrected chi connectivity index (χ2v) is 8.77. The lowest BCUT2D eigenvalue weighted by Crippen LogP contribution is -2.45. The Kier molecular flexibility index (Phi) is 10.9. The van der Waals surface area contributed by atoms with Crippen molar-refractivity contribution >= 4 is 18.2 Å². The Hall–Kier alpha value is -1.89. The Morgan fingerprint density at radius 2 is 1.93 bits per heavy atom. The van der Waals surface area contributed by atoms with Gasteiger partial charge in [-0.25, -0.2) is 0 Å². The minimum atomic E-state index is -0.204. The summed E-state index contributed by atoms with van der Waals surface area (Å²) in [7, 11) is 1.71. The molecular formula is C22H40N4O3. The fourth-order valence-corrected chi connectivity index (χ4v) is 3.70. The van der Waals surface area contributed by atoms with Crippen molar-refractivity contribution in [3.63, 3.8) is 0 Å². The van der Waals surface area contributed by atoms with Gasteiger partial charge in [0.2, 0.25) is 18.2 Å². The molecule has 166 valence electrons. The van der Waals surface area contributed by atoms with Gasteiger partial charge in [-0.05, 0) is 44.6 Å². The topological polar surface area (TPSA) is 81.8 Å². The van der Waals surface area contributed by atoms with E-state index in [1.807, 2.05) is 31.7 Å². The Balaban J connectivity index is 2.77. The zero-order valence-corrected chi connectivity index (χ0v) is 19.0. The van der Waals surface area contributed by atoms with Crippen LogP contribution in [0.4, 0.5) is 0 Å². The Labute approximate surface area is 176 Å². The number of likely N-dealkylation sites (N-methyl/N-ethyl adjacent to an activating group) is 1. The molecule has 7 nitrogen and oxygen atoms in total. The van der Waals surface area contributed by atoms with E-state index in [4.69, 9.17) is 0 Å². The van der Waals surface area contributed by atoms with Crippen molar-refractivity contribution in [2.45, 2.75) is 66.0 Å². The Bertz CT molecular complexity index is 574. The number of likely N-dealkylation sites (tertiary alicyclic amines) is 1. The highest BCUT2D eigenvalue weighted by molar-refractivity contribution is 5.93. The summed E-state index contributed by atoms with van der Waals surface area (Å²) in [6.07, 6.45) is 5.60. The molecule has 0 aliphatic carbocycles. The molecule has 2 N–H and O–H groups in total. The van der Waals surface area contributed by atoms with E-state index in [1.54, 1.807) is 11.9 Å². The van der Waals surface area contributed by atoms with Crippen LogP contribution >= 0.6 is 0 Å². The molecule has 0 spiro atoms. The van der Waals surface area contributed by atoms with Gasteiger partial charge in [0.15, 0.2) is 0 Å². The van der Waals surface area contributed by atoms with Gasteiger partial charge in [-0.2, -0.15) is 0 Å². The number of hydrogen-bond donors (Lipinski definition) is 2. The largest absolute Gasteiger partial charge is 0.350 e. The molecule has 29 heavy (non-hydrogen) atoms. The van der Waals surface area contributed by atoms with Crippen molar-refractivity contribution in [1.82, 2.24) is 20.4 Å². The molecule has 1 aliphatic rings. The Morgan fingerprint density at radius 3 is 2.52 bits per heavy atom. The van der Waals surface area contributed by atoms with E-state index in [-0.39, 0.29) is 36.4 Å². The van der Waals surface area contributed by atoms with Crippen molar-refractivity contribution < 1.29 is 14.4 Å². The van der Waals surface area contributed by atoms with Crippen molar-refractivity contribution in [3.05, 3.63) is 11.6 Å². The van der Waals surface area contributed by atoms with Gasteiger partial charge in [-0.3, -0.25) is 14.4 Å². The molecule has 0 aromatic heterocycles. The van der Waals surface area contributed by atoms with Gasteiger partial charge in [-0.15, -0.1) is 0 Å². The molecule has 0 aromatic carbocycles. The lowest BCUT2D eigenvalue weighted by molar-refractivity contribution is -0.132. The van der Waals surface area contributed by atoms with E-state index in [1.165, 1.54) is 0 Å². The maximum atomic E-state index is 13.1. The van der Waals surface area contributed by atoms with Crippen molar-refractivity contribution in [2.75, 3.05) is 33.2 Å². The maximum Gasteiger partial charge on any atom is 0.249 e. The molecule has 1 aliphatic heterocycles. The number of amides is 3. The third-order valence-electron chi connectivity index (χ3n) is 5.53. The third kappa shape index (κ3) is 8.17. The number of hydrogen-bond acceptors (Lipinski definition) is 4. The molecule has 3 amide bonds. The molecular weight excluding hydrogens is 368 g/mol. The van der Waals surface area contributed by atoms with Crippen LogP contribution in [0.1, 0.15) is 53.9 Å². The molecule has 2 atom stereocenters. The van der Waals surface area contributed by atoms with E-state index in [0.717, 1.165) is 38.9 Å². The van der Waals surface area contributed by atoms with Crippen molar-refractivity contribution in [3.8, 4) is 0 Å². The quantitative estimate of drug-likeness (QED) is 0.293. The molecule has 1 saturated heterocycles. The summed E-state index contributed by atoms with van der Waals surface area (Å²) in [6, 6.07) is 0.0248. The average molecular weight is 409 g/mol. The first-order valence-corrected chi connectivity index (χ1v) is 10.8. The highest BCUT2D eigenvalue weighted by Gasteiger charge is 2.30. The van der Waals surface area contributed by atoms with E-state index >= 15 is 0 Å². The van der Waals surface area contributed by atoms with E-state index in [0.29, 0.717) is 17.9 Å². The summed E-state index contributed by atoms with van der Waals surface area (Å²) in [5.41, 5.74) is 0.667. The van der Waals surface area contributed by atoms with E-state index < -0.39 is 0 Å². The van der Waals surface area contributed by atoms with Crippen LogP contribution in [-0.4, -0.2) is 73.3 Å². The minimum Gasteiger partial charge on any atom is -0.350 e. The zero-order valence-electron chi connectivity index (χ0n) is 19.0. The second kappa shape index (κ2) is 12.6. The van der Waals surface area contributed by atoms with Gasteiger partial charge >= 0.3 is 0 Å². The fourth-order valence-electron chi connectivity index (χ4n) is 3.70. The monoisotopic (exact) mass is 408 g/mol. The molecule has 1 fully saturated rings.